The molecule has 10 heteroatoms. The maximum Gasteiger partial charge on any atom is 0.265 e. The minimum Gasteiger partial charge on any atom is -0.489 e. The topological polar surface area (TPSA) is 74.6 Å². The largest absolute Gasteiger partial charge is 0.489 e. The normalized spacial score (nSPS) is 12.1. The maximum atomic E-state index is 14.0. The van der Waals surface area contributed by atoms with Crippen LogP contribution < -0.4 is 19.5 Å². The quantitative estimate of drug-likeness (QED) is 0.382. The molecule has 0 radical (unpaired) electrons. The molecule has 0 saturated heterocycles. The molecule has 0 unspecified atom stereocenters. The molecule has 1 aliphatic heterocycles. The summed E-state index contributed by atoms with van der Waals surface area (Å²) in [7, 11) is 0. The molecule has 3 heterocycles. The second-order valence-electron chi connectivity index (χ2n) is 7.20. The summed E-state index contributed by atoms with van der Waals surface area (Å²) in [4.78, 5) is 13.1. The Hall–Kier alpha value is -3.56. The van der Waals surface area contributed by atoms with E-state index < -0.39 is 5.82 Å². The molecule has 1 amide bonds. The summed E-state index contributed by atoms with van der Waals surface area (Å²) >= 11 is 7.39. The lowest BCUT2D eigenvalue weighted by Gasteiger charge is -2.06. The van der Waals surface area contributed by atoms with Crippen molar-refractivity contribution >= 4 is 34.5 Å². The van der Waals surface area contributed by atoms with Crippen molar-refractivity contribution in [3.8, 4) is 17.2 Å². The van der Waals surface area contributed by atoms with Gasteiger partial charge >= 0.3 is 0 Å². The Bertz CT molecular complexity index is 1300. The molecule has 1 aliphatic rings. The van der Waals surface area contributed by atoms with Crippen LogP contribution in [0.2, 0.25) is 5.02 Å². The standard InChI is InChI=1S/C23H17ClFN3O4S/c24-18-2-1-3-19(25)17(18)10-28-9-15(8-26-28)27-23(29)22-6-14(12-33-22)11-30-16-4-5-20-21(7-16)32-13-31-20/h1-9,12H,10-11,13H2,(H,27,29). The minimum absolute atomic E-state index is 0.154. The monoisotopic (exact) mass is 485 g/mol. The first-order valence-corrected chi connectivity index (χ1v) is 11.2. The van der Waals surface area contributed by atoms with E-state index in [-0.39, 0.29) is 19.2 Å². The smallest absolute Gasteiger partial charge is 0.265 e. The number of hydrogen-bond acceptors (Lipinski definition) is 6. The Morgan fingerprint density at radius 2 is 2.12 bits per heavy atom. The molecule has 0 aliphatic carbocycles. The molecule has 0 atom stereocenters. The molecule has 4 aromatic rings. The van der Waals surface area contributed by atoms with Gasteiger partial charge in [-0.3, -0.25) is 9.48 Å². The number of aromatic nitrogens is 2. The molecular formula is C23H17ClFN3O4S. The van der Waals surface area contributed by atoms with Crippen LogP contribution in [0, 0.1) is 5.82 Å². The highest BCUT2D eigenvalue weighted by Gasteiger charge is 2.15. The van der Waals surface area contributed by atoms with E-state index in [4.69, 9.17) is 25.8 Å². The van der Waals surface area contributed by atoms with Crippen molar-refractivity contribution in [3.63, 3.8) is 0 Å². The van der Waals surface area contributed by atoms with E-state index in [0.29, 0.717) is 45.0 Å². The first kappa shape index (κ1) is 21.3. The summed E-state index contributed by atoms with van der Waals surface area (Å²) in [6.07, 6.45) is 3.13. The van der Waals surface area contributed by atoms with Crippen molar-refractivity contribution < 1.29 is 23.4 Å². The summed E-state index contributed by atoms with van der Waals surface area (Å²) in [5.41, 5.74) is 1.71. The predicted molar refractivity (Wildman–Crippen MR) is 122 cm³/mol. The van der Waals surface area contributed by atoms with Crippen LogP contribution in [0.3, 0.4) is 0 Å². The summed E-state index contributed by atoms with van der Waals surface area (Å²) in [5.74, 6) is 1.32. The Morgan fingerprint density at radius 3 is 3.00 bits per heavy atom. The SMILES string of the molecule is O=C(Nc1cnn(Cc2c(F)cccc2Cl)c1)c1cc(COc2ccc3c(c2)OCO3)cs1. The highest BCUT2D eigenvalue weighted by Crippen LogP contribution is 2.35. The predicted octanol–water partition coefficient (Wildman–Crippen LogP) is 5.35. The fraction of sp³-hybridized carbons (Fsp3) is 0.130. The van der Waals surface area contributed by atoms with E-state index in [1.807, 2.05) is 5.38 Å². The lowest BCUT2D eigenvalue weighted by Crippen LogP contribution is -2.09. The molecule has 168 valence electrons. The Labute approximate surface area is 197 Å². The number of anilines is 1. The zero-order valence-electron chi connectivity index (χ0n) is 17.1. The van der Waals surface area contributed by atoms with Crippen molar-refractivity contribution in [3.05, 3.63) is 87.1 Å². The van der Waals surface area contributed by atoms with Crippen LogP contribution in [0.4, 0.5) is 10.1 Å². The molecule has 33 heavy (non-hydrogen) atoms. The first-order valence-electron chi connectivity index (χ1n) is 9.92. The number of carbonyl (C=O) groups excluding carboxylic acids is 1. The number of ether oxygens (including phenoxy) is 3. The van der Waals surface area contributed by atoms with Gasteiger partial charge in [-0.2, -0.15) is 5.10 Å². The van der Waals surface area contributed by atoms with Crippen LogP contribution in [0.25, 0.3) is 0 Å². The number of nitrogens with zero attached hydrogens (tertiary/aromatic N) is 2. The van der Waals surface area contributed by atoms with Gasteiger partial charge in [0.2, 0.25) is 6.79 Å². The van der Waals surface area contributed by atoms with E-state index in [1.54, 1.807) is 42.6 Å². The van der Waals surface area contributed by atoms with Crippen LogP contribution in [0.5, 0.6) is 17.2 Å². The lowest BCUT2D eigenvalue weighted by atomic mass is 10.2. The Morgan fingerprint density at radius 1 is 1.24 bits per heavy atom. The third kappa shape index (κ3) is 4.79. The number of rotatable bonds is 7. The van der Waals surface area contributed by atoms with E-state index >= 15 is 0 Å². The second kappa shape index (κ2) is 9.13. The van der Waals surface area contributed by atoms with Crippen LogP contribution in [0.1, 0.15) is 20.8 Å². The van der Waals surface area contributed by atoms with Crippen molar-refractivity contribution in [2.75, 3.05) is 12.1 Å². The van der Waals surface area contributed by atoms with Gasteiger partial charge in [-0.05, 0) is 35.7 Å². The van der Waals surface area contributed by atoms with Gasteiger partial charge in [0.05, 0.1) is 23.3 Å². The summed E-state index contributed by atoms with van der Waals surface area (Å²) in [6.45, 7) is 0.671. The average molecular weight is 486 g/mol. The molecule has 0 bridgehead atoms. The molecule has 2 aromatic carbocycles. The number of amides is 1. The number of thiophene rings is 1. The molecule has 0 fully saturated rings. The fourth-order valence-electron chi connectivity index (χ4n) is 3.26. The number of hydrogen-bond donors (Lipinski definition) is 1. The van der Waals surface area contributed by atoms with Gasteiger partial charge in [0, 0.05) is 28.4 Å². The molecule has 5 rings (SSSR count). The third-order valence-corrected chi connectivity index (χ3v) is 6.23. The van der Waals surface area contributed by atoms with E-state index in [1.165, 1.54) is 28.3 Å². The van der Waals surface area contributed by atoms with Crippen LogP contribution >= 0.6 is 22.9 Å². The van der Waals surface area contributed by atoms with Gasteiger partial charge < -0.3 is 19.5 Å². The highest BCUT2D eigenvalue weighted by molar-refractivity contribution is 7.12. The van der Waals surface area contributed by atoms with Crippen molar-refractivity contribution in [2.45, 2.75) is 13.2 Å². The zero-order chi connectivity index (χ0) is 22.8. The highest BCUT2D eigenvalue weighted by atomic mass is 35.5. The molecule has 2 aromatic heterocycles. The van der Waals surface area contributed by atoms with Crippen LogP contribution in [-0.4, -0.2) is 22.5 Å². The Balaban J connectivity index is 1.18. The summed E-state index contributed by atoms with van der Waals surface area (Å²) in [6, 6.07) is 11.7. The number of halogens is 2. The van der Waals surface area contributed by atoms with Gasteiger partial charge in [-0.1, -0.05) is 17.7 Å². The van der Waals surface area contributed by atoms with Gasteiger partial charge in [0.25, 0.3) is 5.91 Å². The van der Waals surface area contributed by atoms with Gasteiger partial charge in [-0.15, -0.1) is 11.3 Å². The van der Waals surface area contributed by atoms with E-state index in [2.05, 4.69) is 10.4 Å². The lowest BCUT2D eigenvalue weighted by molar-refractivity contribution is 0.103. The number of carbonyl (C=O) groups is 1. The molecule has 1 N–H and O–H groups in total. The summed E-state index contributed by atoms with van der Waals surface area (Å²) < 4.78 is 31.9. The van der Waals surface area contributed by atoms with Crippen LogP contribution in [0.15, 0.2) is 60.2 Å². The third-order valence-electron chi connectivity index (χ3n) is 4.90. The number of nitrogens with one attached hydrogen (secondary N) is 1. The first-order chi connectivity index (χ1) is 16.0. The summed E-state index contributed by atoms with van der Waals surface area (Å²) in [5, 5.41) is 9.16. The average Bonchev–Trinajstić information content (AvgIpc) is 3.55. The fourth-order valence-corrected chi connectivity index (χ4v) is 4.27. The maximum absolute atomic E-state index is 14.0. The molecule has 7 nitrogen and oxygen atoms in total. The molecule has 0 saturated carbocycles. The van der Waals surface area contributed by atoms with Crippen molar-refractivity contribution in [2.24, 2.45) is 0 Å². The molecule has 0 spiro atoms. The van der Waals surface area contributed by atoms with Crippen molar-refractivity contribution in [1.82, 2.24) is 9.78 Å². The number of benzene rings is 2. The molecular weight excluding hydrogens is 469 g/mol. The van der Waals surface area contributed by atoms with Gasteiger partial charge in [-0.25, -0.2) is 4.39 Å². The van der Waals surface area contributed by atoms with Gasteiger partial charge in [0.1, 0.15) is 18.2 Å². The van der Waals surface area contributed by atoms with E-state index in [9.17, 15) is 9.18 Å². The number of fused-ring (bicyclic) bond motifs is 1. The Kier molecular flexibility index (Phi) is 5.89. The minimum atomic E-state index is -0.405. The van der Waals surface area contributed by atoms with Gasteiger partial charge in [0.15, 0.2) is 11.5 Å². The second-order valence-corrected chi connectivity index (χ2v) is 8.52. The van der Waals surface area contributed by atoms with Crippen molar-refractivity contribution in [1.29, 1.82) is 0 Å². The van der Waals surface area contributed by atoms with Crippen LogP contribution in [-0.2, 0) is 13.2 Å². The van der Waals surface area contributed by atoms with E-state index in [0.717, 1.165) is 5.56 Å². The zero-order valence-corrected chi connectivity index (χ0v) is 18.7.